The molecule has 98 valence electrons. The third-order valence-corrected chi connectivity index (χ3v) is 4.86. The first-order valence-corrected chi connectivity index (χ1v) is 7.63. The van der Waals surface area contributed by atoms with Crippen LogP contribution < -0.4 is 10.6 Å². The Kier molecular flexibility index (Phi) is 4.66. The van der Waals surface area contributed by atoms with Crippen LogP contribution in [0.5, 0.6) is 0 Å². The maximum absolute atomic E-state index is 5.42. The summed E-state index contributed by atoms with van der Waals surface area (Å²) in [5.41, 5.74) is 0. The minimum atomic E-state index is 0.600. The normalized spacial score (nSPS) is 34.6. The Morgan fingerprint density at radius 3 is 2.18 bits per heavy atom. The molecular formula is C14H26N2S. The van der Waals surface area contributed by atoms with Gasteiger partial charge >= 0.3 is 0 Å². The molecule has 3 atom stereocenters. The predicted molar refractivity (Wildman–Crippen MR) is 77.1 cm³/mol. The highest BCUT2D eigenvalue weighted by atomic mass is 32.1. The van der Waals surface area contributed by atoms with Crippen LogP contribution in [0.1, 0.15) is 58.8 Å². The fraction of sp³-hybridized carbons (Fsp3) is 0.929. The Morgan fingerprint density at radius 2 is 1.53 bits per heavy atom. The summed E-state index contributed by atoms with van der Waals surface area (Å²) in [5, 5.41) is 7.88. The molecule has 2 N–H and O–H groups in total. The summed E-state index contributed by atoms with van der Waals surface area (Å²) in [6.45, 7) is 4.74. The highest BCUT2D eigenvalue weighted by Crippen LogP contribution is 2.29. The molecule has 0 aromatic rings. The van der Waals surface area contributed by atoms with Crippen molar-refractivity contribution in [3.8, 4) is 0 Å². The molecule has 2 fully saturated rings. The van der Waals surface area contributed by atoms with Crippen LogP contribution in [0, 0.1) is 11.8 Å². The molecule has 2 aliphatic carbocycles. The zero-order chi connectivity index (χ0) is 12.3. The smallest absolute Gasteiger partial charge is 0.166 e. The van der Waals surface area contributed by atoms with Gasteiger partial charge in [0.05, 0.1) is 0 Å². The molecule has 3 heteroatoms. The Labute approximate surface area is 111 Å². The quantitative estimate of drug-likeness (QED) is 0.740. The molecule has 0 radical (unpaired) electrons. The summed E-state index contributed by atoms with van der Waals surface area (Å²) in [4.78, 5) is 0. The van der Waals surface area contributed by atoms with Crippen LogP contribution >= 0.6 is 12.2 Å². The van der Waals surface area contributed by atoms with E-state index in [-0.39, 0.29) is 0 Å². The summed E-state index contributed by atoms with van der Waals surface area (Å²) >= 11 is 5.42. The lowest BCUT2D eigenvalue weighted by atomic mass is 9.79. The van der Waals surface area contributed by atoms with Crippen LogP contribution in [-0.2, 0) is 0 Å². The van der Waals surface area contributed by atoms with Crippen LogP contribution in [-0.4, -0.2) is 17.2 Å². The maximum Gasteiger partial charge on any atom is 0.166 e. The first kappa shape index (κ1) is 13.1. The summed E-state index contributed by atoms with van der Waals surface area (Å²) in [7, 11) is 0. The average molecular weight is 254 g/mol. The fourth-order valence-electron chi connectivity index (χ4n) is 3.16. The van der Waals surface area contributed by atoms with E-state index in [0.717, 1.165) is 16.9 Å². The summed E-state index contributed by atoms with van der Waals surface area (Å²) in [5.74, 6) is 1.71. The highest BCUT2D eigenvalue weighted by Gasteiger charge is 2.25. The lowest BCUT2D eigenvalue weighted by Gasteiger charge is -2.33. The number of thiocarbonyl (C=S) groups is 1. The minimum absolute atomic E-state index is 0.600. The van der Waals surface area contributed by atoms with Gasteiger partial charge in [0.15, 0.2) is 5.11 Å². The van der Waals surface area contributed by atoms with Gasteiger partial charge in [0.25, 0.3) is 0 Å². The van der Waals surface area contributed by atoms with Gasteiger partial charge in [-0.1, -0.05) is 26.7 Å². The Bertz CT molecular complexity index is 261. The van der Waals surface area contributed by atoms with Gasteiger partial charge < -0.3 is 10.6 Å². The van der Waals surface area contributed by atoms with Crippen molar-refractivity contribution < 1.29 is 0 Å². The minimum Gasteiger partial charge on any atom is -0.360 e. The molecule has 0 aromatic carbocycles. The molecule has 0 aliphatic heterocycles. The van der Waals surface area contributed by atoms with Gasteiger partial charge in [-0.15, -0.1) is 0 Å². The molecule has 0 spiro atoms. The molecule has 0 heterocycles. The van der Waals surface area contributed by atoms with E-state index in [9.17, 15) is 0 Å². The van der Waals surface area contributed by atoms with E-state index >= 15 is 0 Å². The van der Waals surface area contributed by atoms with Crippen LogP contribution in [0.4, 0.5) is 0 Å². The molecule has 0 amide bonds. The molecule has 0 aromatic heterocycles. The van der Waals surface area contributed by atoms with Crippen molar-refractivity contribution >= 4 is 17.3 Å². The van der Waals surface area contributed by atoms with Gasteiger partial charge in [-0.25, -0.2) is 0 Å². The van der Waals surface area contributed by atoms with Gasteiger partial charge in [0.2, 0.25) is 0 Å². The van der Waals surface area contributed by atoms with Gasteiger partial charge in [0.1, 0.15) is 0 Å². The molecule has 2 aliphatic rings. The van der Waals surface area contributed by atoms with Gasteiger partial charge in [-0.2, -0.15) is 0 Å². The Hall–Kier alpha value is -0.310. The Morgan fingerprint density at radius 1 is 0.882 bits per heavy atom. The molecule has 2 nitrogen and oxygen atoms in total. The molecule has 17 heavy (non-hydrogen) atoms. The van der Waals surface area contributed by atoms with Crippen molar-refractivity contribution in [2.24, 2.45) is 11.8 Å². The average Bonchev–Trinajstić information content (AvgIpc) is 2.76. The van der Waals surface area contributed by atoms with E-state index in [0.29, 0.717) is 12.1 Å². The molecule has 3 unspecified atom stereocenters. The first-order chi connectivity index (χ1) is 8.15. The van der Waals surface area contributed by atoms with Crippen molar-refractivity contribution in [1.29, 1.82) is 0 Å². The second kappa shape index (κ2) is 6.03. The zero-order valence-electron chi connectivity index (χ0n) is 11.2. The molecule has 2 rings (SSSR count). The van der Waals surface area contributed by atoms with Crippen molar-refractivity contribution in [1.82, 2.24) is 10.6 Å². The second-order valence-electron chi connectivity index (χ2n) is 6.06. The monoisotopic (exact) mass is 254 g/mol. The van der Waals surface area contributed by atoms with E-state index in [2.05, 4.69) is 24.5 Å². The van der Waals surface area contributed by atoms with E-state index in [1.54, 1.807) is 0 Å². The summed E-state index contributed by atoms with van der Waals surface area (Å²) in [6.07, 6.45) is 9.19. The SMILES string of the molecule is CC1CCC(NC(=S)NC2CCCC2)CC1C. The number of nitrogens with one attached hydrogen (secondary N) is 2. The van der Waals surface area contributed by atoms with Crippen LogP contribution in [0.15, 0.2) is 0 Å². The lowest BCUT2D eigenvalue weighted by molar-refractivity contribution is 0.240. The Balaban J connectivity index is 1.71. The molecule has 0 saturated heterocycles. The number of hydrogen-bond acceptors (Lipinski definition) is 1. The lowest BCUT2D eigenvalue weighted by Crippen LogP contribution is -2.47. The fourth-order valence-corrected chi connectivity index (χ4v) is 3.49. The van der Waals surface area contributed by atoms with Crippen molar-refractivity contribution in [2.75, 3.05) is 0 Å². The third kappa shape index (κ3) is 3.84. The van der Waals surface area contributed by atoms with E-state index in [1.165, 1.54) is 44.9 Å². The summed E-state index contributed by atoms with van der Waals surface area (Å²) in [6, 6.07) is 1.23. The topological polar surface area (TPSA) is 24.1 Å². The van der Waals surface area contributed by atoms with Gasteiger partial charge in [-0.3, -0.25) is 0 Å². The van der Waals surface area contributed by atoms with Crippen molar-refractivity contribution in [2.45, 2.75) is 70.9 Å². The van der Waals surface area contributed by atoms with Crippen LogP contribution in [0.25, 0.3) is 0 Å². The van der Waals surface area contributed by atoms with Crippen LogP contribution in [0.3, 0.4) is 0 Å². The molecular weight excluding hydrogens is 228 g/mol. The van der Waals surface area contributed by atoms with E-state index in [1.807, 2.05) is 0 Å². The van der Waals surface area contributed by atoms with Gasteiger partial charge in [-0.05, 0) is 56.2 Å². The third-order valence-electron chi connectivity index (χ3n) is 4.62. The molecule has 2 saturated carbocycles. The number of hydrogen-bond donors (Lipinski definition) is 2. The summed E-state index contributed by atoms with van der Waals surface area (Å²) < 4.78 is 0. The second-order valence-corrected chi connectivity index (χ2v) is 6.47. The maximum atomic E-state index is 5.42. The zero-order valence-corrected chi connectivity index (χ0v) is 12.0. The standard InChI is InChI=1S/C14H26N2S/c1-10-7-8-13(9-11(10)2)16-14(17)15-12-5-3-4-6-12/h10-13H,3-9H2,1-2H3,(H2,15,16,17). The molecule has 0 bridgehead atoms. The predicted octanol–water partition coefficient (Wildman–Crippen LogP) is 3.22. The van der Waals surface area contributed by atoms with E-state index in [4.69, 9.17) is 12.2 Å². The van der Waals surface area contributed by atoms with Crippen molar-refractivity contribution in [3.05, 3.63) is 0 Å². The van der Waals surface area contributed by atoms with Gasteiger partial charge in [0, 0.05) is 12.1 Å². The van der Waals surface area contributed by atoms with Crippen LogP contribution in [0.2, 0.25) is 0 Å². The number of rotatable bonds is 2. The highest BCUT2D eigenvalue weighted by molar-refractivity contribution is 7.80. The first-order valence-electron chi connectivity index (χ1n) is 7.22. The largest absolute Gasteiger partial charge is 0.360 e. The van der Waals surface area contributed by atoms with E-state index < -0.39 is 0 Å². The van der Waals surface area contributed by atoms with Crippen molar-refractivity contribution in [3.63, 3.8) is 0 Å².